The van der Waals surface area contributed by atoms with Crippen LogP contribution in [0.15, 0.2) is 0 Å². The summed E-state index contributed by atoms with van der Waals surface area (Å²) in [4.78, 5) is 0. The normalized spacial score (nSPS) is 25.6. The zero-order chi connectivity index (χ0) is 24.8. The van der Waals surface area contributed by atoms with E-state index >= 15 is 0 Å². The molecule has 0 aromatic carbocycles. The Balaban J connectivity index is 2.24. The van der Waals surface area contributed by atoms with E-state index in [1.807, 2.05) is 0 Å². The highest BCUT2D eigenvalue weighted by Crippen LogP contribution is 2.11. The van der Waals surface area contributed by atoms with Crippen LogP contribution in [0.2, 0.25) is 0 Å². The molecule has 0 spiro atoms. The molecule has 4 N–H and O–H groups in total. The quantitative estimate of drug-likeness (QED) is 0.369. The third-order valence-electron chi connectivity index (χ3n) is 6.38. The monoisotopic (exact) mass is 524 g/mol. The molecule has 0 atom stereocenters. The predicted molar refractivity (Wildman–Crippen MR) is 142 cm³/mol. The molecule has 10 heteroatoms. The van der Waals surface area contributed by atoms with Crippen LogP contribution >= 0.6 is 0 Å². The zero-order valence-electron chi connectivity index (χ0n) is 21.4. The summed E-state index contributed by atoms with van der Waals surface area (Å²) in [7, 11) is -6.71. The summed E-state index contributed by atoms with van der Waals surface area (Å²) in [5.41, 5.74) is 0. The van der Waals surface area contributed by atoms with Crippen LogP contribution in [0.5, 0.6) is 0 Å². The van der Waals surface area contributed by atoms with E-state index in [0.29, 0.717) is 26.2 Å². The van der Waals surface area contributed by atoms with Gasteiger partial charge in [-0.1, -0.05) is 103 Å². The molecule has 0 amide bonds. The van der Waals surface area contributed by atoms with Crippen molar-refractivity contribution in [3.63, 3.8) is 0 Å². The second-order valence-corrected chi connectivity index (χ2v) is 12.8. The first-order valence-corrected chi connectivity index (χ1v) is 16.9. The first-order valence-electron chi connectivity index (χ1n) is 13.9. The van der Waals surface area contributed by atoms with Crippen molar-refractivity contribution in [2.45, 2.75) is 128 Å². The lowest BCUT2D eigenvalue weighted by molar-refractivity contribution is 0.528. The molecule has 1 fully saturated rings. The van der Waals surface area contributed by atoms with Gasteiger partial charge in [-0.3, -0.25) is 0 Å². The van der Waals surface area contributed by atoms with Crippen LogP contribution < -0.4 is 18.9 Å². The predicted octanol–water partition coefficient (Wildman–Crippen LogP) is 4.65. The average molecular weight is 525 g/mol. The Morgan fingerprint density at radius 1 is 0.265 bits per heavy atom. The van der Waals surface area contributed by atoms with Gasteiger partial charge in [0.2, 0.25) is 0 Å². The molecule has 0 unspecified atom stereocenters. The topological polar surface area (TPSA) is 116 Å². The second kappa shape index (κ2) is 20.9. The van der Waals surface area contributed by atoms with Crippen molar-refractivity contribution in [1.82, 2.24) is 18.9 Å². The summed E-state index contributed by atoms with van der Waals surface area (Å²) in [5.74, 6) is 0. The Bertz CT molecular complexity index is 570. The molecular weight excluding hydrogens is 472 g/mol. The molecule has 0 aromatic rings. The van der Waals surface area contributed by atoms with Gasteiger partial charge in [0.25, 0.3) is 20.4 Å². The highest BCUT2D eigenvalue weighted by Gasteiger charge is 2.08. The molecule has 1 rings (SSSR count). The van der Waals surface area contributed by atoms with Crippen molar-refractivity contribution in [1.29, 1.82) is 0 Å². The lowest BCUT2D eigenvalue weighted by Crippen LogP contribution is -2.37. The van der Waals surface area contributed by atoms with Gasteiger partial charge in [-0.15, -0.1) is 0 Å². The van der Waals surface area contributed by atoms with Gasteiger partial charge in [0, 0.05) is 26.2 Å². The van der Waals surface area contributed by atoms with Crippen LogP contribution in [0.1, 0.15) is 128 Å². The maximum atomic E-state index is 12.0. The first-order chi connectivity index (χ1) is 16.4. The van der Waals surface area contributed by atoms with E-state index in [4.69, 9.17) is 0 Å². The van der Waals surface area contributed by atoms with E-state index in [1.54, 1.807) is 0 Å². The maximum absolute atomic E-state index is 12.0. The largest absolute Gasteiger partial charge is 0.276 e. The van der Waals surface area contributed by atoms with E-state index in [2.05, 4.69) is 18.9 Å². The molecule has 0 bridgehead atoms. The lowest BCUT2D eigenvalue weighted by Gasteiger charge is -2.09. The lowest BCUT2D eigenvalue weighted by atomic mass is 10.1. The van der Waals surface area contributed by atoms with E-state index in [9.17, 15) is 16.8 Å². The summed E-state index contributed by atoms with van der Waals surface area (Å²) >= 11 is 0. The van der Waals surface area contributed by atoms with E-state index in [-0.39, 0.29) is 0 Å². The Morgan fingerprint density at radius 3 is 0.588 bits per heavy atom. The number of nitrogens with one attached hydrogen (secondary N) is 4. The molecule has 0 saturated carbocycles. The molecule has 8 nitrogen and oxygen atoms in total. The fourth-order valence-electron chi connectivity index (χ4n) is 4.26. The molecule has 34 heavy (non-hydrogen) atoms. The summed E-state index contributed by atoms with van der Waals surface area (Å²) in [6.07, 6.45) is 21.9. The Kier molecular flexibility index (Phi) is 19.5. The Labute approximate surface area is 210 Å². The molecule has 0 aliphatic carbocycles. The summed E-state index contributed by atoms with van der Waals surface area (Å²) in [5, 5.41) is 0. The number of hydrogen-bond acceptors (Lipinski definition) is 4. The van der Waals surface area contributed by atoms with Gasteiger partial charge in [-0.05, 0) is 25.7 Å². The molecule has 204 valence electrons. The zero-order valence-corrected chi connectivity index (χ0v) is 23.1. The standard InChI is InChI=1S/C24H52N4O4S2/c29-33(30)25-21-17-13-9-5-1-2-6-10-14-18-22-26-34(31,32)28-24-20-16-12-8-4-3-7-11-15-19-23-27-33/h25-28H,1-24H2. The van der Waals surface area contributed by atoms with Crippen LogP contribution in [-0.4, -0.2) is 43.0 Å². The van der Waals surface area contributed by atoms with Gasteiger partial charge in [-0.2, -0.15) is 16.8 Å². The van der Waals surface area contributed by atoms with E-state index in [0.717, 1.165) is 77.0 Å². The third kappa shape index (κ3) is 21.1. The smallest absolute Gasteiger partial charge is 0.202 e. The first kappa shape index (κ1) is 31.8. The second-order valence-electron chi connectivity index (χ2n) is 9.66. The van der Waals surface area contributed by atoms with E-state index in [1.165, 1.54) is 51.4 Å². The Morgan fingerprint density at radius 2 is 0.412 bits per heavy atom. The Hall–Kier alpha value is -0.260. The molecule has 1 aliphatic rings. The molecule has 1 heterocycles. The van der Waals surface area contributed by atoms with Gasteiger partial charge >= 0.3 is 0 Å². The van der Waals surface area contributed by atoms with Gasteiger partial charge in [0.15, 0.2) is 0 Å². The van der Waals surface area contributed by atoms with Crippen LogP contribution in [0.4, 0.5) is 0 Å². The van der Waals surface area contributed by atoms with Crippen LogP contribution in [-0.2, 0) is 20.4 Å². The average Bonchev–Trinajstić information content (AvgIpc) is 2.78. The van der Waals surface area contributed by atoms with Gasteiger partial charge in [-0.25, -0.2) is 18.9 Å². The van der Waals surface area contributed by atoms with Crippen molar-refractivity contribution >= 4 is 20.4 Å². The third-order valence-corrected chi connectivity index (χ3v) is 8.71. The molecule has 0 aromatic heterocycles. The molecule has 1 saturated heterocycles. The van der Waals surface area contributed by atoms with Crippen LogP contribution in [0, 0.1) is 0 Å². The van der Waals surface area contributed by atoms with Gasteiger partial charge in [0.1, 0.15) is 0 Å². The fraction of sp³-hybridized carbons (Fsp3) is 1.00. The van der Waals surface area contributed by atoms with Gasteiger partial charge in [0.05, 0.1) is 0 Å². The SMILES string of the molecule is O=S1(=O)NCCCCCCCCCCCCNS(=O)(=O)NCCCCCCCCCCCCN1. The van der Waals surface area contributed by atoms with Crippen molar-refractivity contribution < 1.29 is 16.8 Å². The van der Waals surface area contributed by atoms with Crippen molar-refractivity contribution in [3.8, 4) is 0 Å². The van der Waals surface area contributed by atoms with Crippen LogP contribution in [0.25, 0.3) is 0 Å². The summed E-state index contributed by atoms with van der Waals surface area (Å²) in [6, 6.07) is 0. The molecule has 1 aliphatic heterocycles. The van der Waals surface area contributed by atoms with E-state index < -0.39 is 20.4 Å². The summed E-state index contributed by atoms with van der Waals surface area (Å²) in [6.45, 7) is 2.03. The van der Waals surface area contributed by atoms with Crippen molar-refractivity contribution in [2.24, 2.45) is 0 Å². The van der Waals surface area contributed by atoms with Crippen LogP contribution in [0.3, 0.4) is 0 Å². The highest BCUT2D eigenvalue weighted by molar-refractivity contribution is 7.87. The fourth-order valence-corrected chi connectivity index (χ4v) is 6.11. The minimum atomic E-state index is -3.35. The summed E-state index contributed by atoms with van der Waals surface area (Å²) < 4.78 is 58.6. The number of rotatable bonds is 0. The molecule has 0 radical (unpaired) electrons. The van der Waals surface area contributed by atoms with Gasteiger partial charge < -0.3 is 0 Å². The van der Waals surface area contributed by atoms with Crippen molar-refractivity contribution in [2.75, 3.05) is 26.2 Å². The minimum Gasteiger partial charge on any atom is -0.202 e. The maximum Gasteiger partial charge on any atom is 0.276 e. The number of hydrogen-bond donors (Lipinski definition) is 4. The highest BCUT2D eigenvalue weighted by atomic mass is 32.2. The van der Waals surface area contributed by atoms with Crippen molar-refractivity contribution in [3.05, 3.63) is 0 Å². The molecular formula is C24H52N4O4S2. The minimum absolute atomic E-state index is 0.509.